The van der Waals surface area contributed by atoms with E-state index in [1.165, 1.54) is 97.8 Å². The van der Waals surface area contributed by atoms with Crippen LogP contribution in [-0.2, 0) is 17.4 Å². The summed E-state index contributed by atoms with van der Waals surface area (Å²) in [5, 5.41) is 60.2. The van der Waals surface area contributed by atoms with Crippen LogP contribution in [0, 0.1) is 13.8 Å². The van der Waals surface area contributed by atoms with Gasteiger partial charge in [0.15, 0.2) is 0 Å². The van der Waals surface area contributed by atoms with Gasteiger partial charge in [-0.25, -0.2) is 29.2 Å². The zero-order chi connectivity index (χ0) is 48.4. The predicted octanol–water partition coefficient (Wildman–Crippen LogP) is 10.1. The zero-order valence-corrected chi connectivity index (χ0v) is 40.1. The quantitative estimate of drug-likeness (QED) is 0.0268. The molecule has 0 bridgehead atoms. The van der Waals surface area contributed by atoms with E-state index >= 15 is 0 Å². The largest absolute Gasteiger partial charge is 1.00 e. The second-order valence-electron chi connectivity index (χ2n) is 15.5. The van der Waals surface area contributed by atoms with Gasteiger partial charge in [-0.05, 0) is 61.5 Å². The Morgan fingerprint density at radius 3 is 1.28 bits per heavy atom. The minimum Gasteiger partial charge on any atom is -0.478 e. The van der Waals surface area contributed by atoms with Gasteiger partial charge in [-0.1, -0.05) is 151 Å². The van der Waals surface area contributed by atoms with Crippen molar-refractivity contribution in [3.8, 4) is 11.4 Å². The van der Waals surface area contributed by atoms with Gasteiger partial charge in [0.25, 0.3) is 0 Å². The van der Waals surface area contributed by atoms with Crippen molar-refractivity contribution in [3.63, 3.8) is 0 Å². The summed E-state index contributed by atoms with van der Waals surface area (Å²) in [4.78, 5) is 49.4. The molecule has 17 nitrogen and oxygen atoms in total. The fourth-order valence-corrected chi connectivity index (χ4v) is 6.85. The number of aromatic carboxylic acids is 2. The van der Waals surface area contributed by atoms with Gasteiger partial charge in [0.1, 0.15) is 11.1 Å². The number of aliphatic hydroxyl groups excluding tert-OH is 2. The maximum absolute atomic E-state index is 12.5. The molecule has 362 valence electrons. The predicted molar refractivity (Wildman–Crippen MR) is 259 cm³/mol. The van der Waals surface area contributed by atoms with Crippen molar-refractivity contribution in [1.29, 1.82) is 0 Å². The first kappa shape index (κ1) is 55.8. The van der Waals surface area contributed by atoms with Crippen LogP contribution in [0.15, 0.2) is 139 Å². The van der Waals surface area contributed by atoms with Gasteiger partial charge in [-0.2, -0.15) is 10.2 Å². The molecule has 0 unspecified atom stereocenters. The van der Waals surface area contributed by atoms with Crippen LogP contribution in [-0.4, -0.2) is 89.7 Å². The molecule has 0 aliphatic carbocycles. The van der Waals surface area contributed by atoms with E-state index in [-0.39, 0.29) is 65.9 Å². The number of nitrogens with zero attached hydrogens (tertiary/aromatic N) is 9. The van der Waals surface area contributed by atoms with E-state index in [0.29, 0.717) is 35.9 Å². The van der Waals surface area contributed by atoms with E-state index in [1.807, 2.05) is 12.1 Å². The Kier molecular flexibility index (Phi) is 25.2. The number of unbranched alkanes of at least 4 members (excludes halogenated alkanes) is 9. The number of benzene rings is 4. The number of aryl methyl sites for hydroxylation is 2. The zero-order valence-electron chi connectivity index (χ0n) is 39.9. The van der Waals surface area contributed by atoms with E-state index in [0.717, 1.165) is 6.54 Å². The van der Waals surface area contributed by atoms with Crippen molar-refractivity contribution in [2.75, 3.05) is 32.8 Å². The molecular weight excluding hydrogens is 907 g/mol. The van der Waals surface area contributed by atoms with Crippen LogP contribution >= 0.6 is 0 Å². The Morgan fingerprint density at radius 1 is 0.559 bits per heavy atom. The first-order chi connectivity index (χ1) is 32.5. The molecule has 0 saturated carbocycles. The third-order valence-electron chi connectivity index (χ3n) is 10.4. The van der Waals surface area contributed by atoms with Crippen molar-refractivity contribution in [2.24, 2.45) is 20.5 Å². The molecule has 0 aliphatic rings. The number of carboxylic acid groups (broad SMARTS) is 2. The van der Waals surface area contributed by atoms with Gasteiger partial charge >= 0.3 is 13.4 Å². The van der Waals surface area contributed by atoms with Crippen LogP contribution in [0.3, 0.4) is 0 Å². The van der Waals surface area contributed by atoms with Crippen molar-refractivity contribution in [3.05, 3.63) is 152 Å². The summed E-state index contributed by atoms with van der Waals surface area (Å²) >= 11 is 0. The van der Waals surface area contributed by atoms with E-state index in [9.17, 15) is 19.2 Å². The van der Waals surface area contributed by atoms with Crippen LogP contribution < -0.4 is 11.1 Å². The average molecular weight is 969 g/mol. The van der Waals surface area contributed by atoms with E-state index in [4.69, 9.17) is 20.4 Å². The van der Waals surface area contributed by atoms with Crippen molar-refractivity contribution in [2.45, 2.75) is 85.0 Å². The summed E-state index contributed by atoms with van der Waals surface area (Å²) in [7, 11) is 0. The molecule has 0 radical (unpaired) electrons. The Hall–Kier alpha value is -6.55. The summed E-state index contributed by atoms with van der Waals surface area (Å²) in [5.41, 5.74) is 1.82. The summed E-state index contributed by atoms with van der Waals surface area (Å²) in [6.45, 7) is 8.34. The van der Waals surface area contributed by atoms with Gasteiger partial charge in [0, 0.05) is 30.5 Å². The molecule has 0 saturated heterocycles. The number of hydrogen-bond acceptors (Lipinski definition) is 13. The van der Waals surface area contributed by atoms with E-state index in [1.54, 1.807) is 86.6 Å². The Balaban J connectivity index is 0.000000354. The Labute approximate surface area is 408 Å². The molecule has 0 fully saturated rings. The SMILES string of the molecule is CCCCCCCCCCCCN(CCO)CCO.Cc1nn(-c2ccccc2)c(=O)[c-]1N=Nc1ccccc1C(=O)O.Cc1nn(-c2ccccc2)c(=O)[c-]1N=Nc1ccccc1C(=O)O.[Cr].[H+]. The van der Waals surface area contributed by atoms with Crippen LogP contribution in [0.4, 0.5) is 22.7 Å². The second-order valence-corrected chi connectivity index (χ2v) is 15.5. The number of rotatable bonds is 23. The number of carboxylic acids is 2. The smallest absolute Gasteiger partial charge is 0.478 e. The van der Waals surface area contributed by atoms with Gasteiger partial charge in [-0.3, -0.25) is 4.90 Å². The monoisotopic (exact) mass is 968 g/mol. The topological polar surface area (TPSA) is 238 Å². The van der Waals surface area contributed by atoms with Crippen LogP contribution in [0.5, 0.6) is 0 Å². The molecule has 6 aromatic rings. The van der Waals surface area contributed by atoms with Crippen LogP contribution in [0.2, 0.25) is 0 Å². The van der Waals surface area contributed by atoms with Crippen molar-refractivity contribution < 1.29 is 48.8 Å². The summed E-state index contributed by atoms with van der Waals surface area (Å²) in [6.07, 6.45) is 13.5. The minimum atomic E-state index is -1.11. The average Bonchev–Trinajstić information content (AvgIpc) is 3.79. The van der Waals surface area contributed by atoms with E-state index in [2.05, 4.69) is 42.5 Å². The molecule has 18 heteroatoms. The second kappa shape index (κ2) is 30.7. The molecule has 4 aromatic carbocycles. The maximum atomic E-state index is 12.5. The maximum Gasteiger partial charge on any atom is 1.00 e. The fraction of sp³-hybridized carbons (Fsp3) is 0.360. The van der Waals surface area contributed by atoms with E-state index < -0.39 is 23.1 Å². The number of aliphatic hydroxyl groups is 2. The number of hydrogen-bond donors (Lipinski definition) is 4. The molecular formula is C50H62CrN9O8-. The third-order valence-corrected chi connectivity index (χ3v) is 10.4. The standard InChI is InChI=1S/2C17H13N4O3.C16H35NO2.Cr/c2*1-11-15(16(22)21(20-11)12-7-3-2-4-8-12)19-18-14-10-6-5-9-13(14)17(23)24;1-2-3-4-5-6-7-8-9-10-11-12-17(13-15-18)14-16-19;/h2*2-10H,1H3,(H,23,24);18-19H,2-16H2,1H3;/q2*-1;;/p+1. The van der Waals surface area contributed by atoms with Gasteiger partial charge < -0.3 is 40.2 Å². The summed E-state index contributed by atoms with van der Waals surface area (Å²) in [6, 6.07) is 30.3. The van der Waals surface area contributed by atoms with Crippen LogP contribution in [0.25, 0.3) is 11.4 Å². The first-order valence-corrected chi connectivity index (χ1v) is 22.6. The molecule has 4 N–H and O–H groups in total. The summed E-state index contributed by atoms with van der Waals surface area (Å²) in [5.74, 6) is -2.22. The fourth-order valence-electron chi connectivity index (χ4n) is 6.85. The van der Waals surface area contributed by atoms with Gasteiger partial charge in [-0.15, -0.1) is 11.4 Å². The minimum absolute atomic E-state index is 0. The number of azo groups is 2. The molecule has 6 rings (SSSR count). The molecule has 2 aromatic heterocycles. The molecule has 68 heavy (non-hydrogen) atoms. The summed E-state index contributed by atoms with van der Waals surface area (Å²) < 4.78 is 2.49. The van der Waals surface area contributed by atoms with Gasteiger partial charge in [0.2, 0.25) is 0 Å². The van der Waals surface area contributed by atoms with Crippen LogP contribution in [0.1, 0.15) is 105 Å². The Morgan fingerprint density at radius 2 is 0.912 bits per heavy atom. The van der Waals surface area contributed by atoms with Gasteiger partial charge in [0.05, 0.1) is 47.1 Å². The molecule has 2 heterocycles. The molecule has 0 amide bonds. The first-order valence-electron chi connectivity index (χ1n) is 22.6. The number of aromatic nitrogens is 4. The number of carbonyl (C=O) groups is 2. The number of para-hydroxylation sites is 2. The van der Waals surface area contributed by atoms with Crippen molar-refractivity contribution >= 4 is 34.7 Å². The molecule has 0 spiro atoms. The Bertz CT molecular complexity index is 2450. The molecule has 0 aliphatic heterocycles. The third kappa shape index (κ3) is 17.6. The molecule has 0 atom stereocenters. The van der Waals surface area contributed by atoms with Crippen molar-refractivity contribution in [1.82, 2.24) is 24.5 Å². The normalized spacial score (nSPS) is 11.0.